The van der Waals surface area contributed by atoms with E-state index in [1.165, 1.54) is 0 Å². The zero-order chi connectivity index (χ0) is 10.4. The summed E-state index contributed by atoms with van der Waals surface area (Å²) in [5.41, 5.74) is 0.679. The maximum atomic E-state index is 5.89. The number of allylic oxidation sites excluding steroid dienone is 2. The van der Waals surface area contributed by atoms with Gasteiger partial charge in [0.05, 0.1) is 5.76 Å². The molecule has 76 valence electrons. The van der Waals surface area contributed by atoms with Crippen LogP contribution in [0.25, 0.3) is 0 Å². The summed E-state index contributed by atoms with van der Waals surface area (Å²) in [7, 11) is 0. The minimum absolute atomic E-state index is 0.203. The highest BCUT2D eigenvalue weighted by atomic mass is 16.5. The highest BCUT2D eigenvalue weighted by molar-refractivity contribution is 5.95. The molecular formula is C12H17NO. The third-order valence-corrected chi connectivity index (χ3v) is 3.29. The summed E-state index contributed by atoms with van der Waals surface area (Å²) in [5, 5.41) is 0. The lowest BCUT2D eigenvalue weighted by molar-refractivity contribution is 0.000635. The van der Waals surface area contributed by atoms with Gasteiger partial charge in [-0.1, -0.05) is 6.08 Å². The third-order valence-electron chi connectivity index (χ3n) is 3.29. The van der Waals surface area contributed by atoms with E-state index >= 15 is 0 Å². The Morgan fingerprint density at radius 2 is 2.07 bits per heavy atom. The molecule has 2 heterocycles. The molecule has 0 aliphatic carbocycles. The highest BCUT2D eigenvalue weighted by Gasteiger charge is 2.48. The number of nitrogens with zero attached hydrogens (tertiary/aromatic N) is 1. The Bertz CT molecular complexity index is 353. The van der Waals surface area contributed by atoms with Gasteiger partial charge in [0.1, 0.15) is 11.1 Å². The van der Waals surface area contributed by atoms with Crippen molar-refractivity contribution in [2.24, 2.45) is 4.99 Å². The molecule has 0 saturated carbocycles. The van der Waals surface area contributed by atoms with Gasteiger partial charge in [-0.2, -0.15) is 0 Å². The van der Waals surface area contributed by atoms with Gasteiger partial charge < -0.3 is 4.74 Å². The molecular weight excluding hydrogens is 174 g/mol. The SMILES string of the molecule is CC1=CCC(C)(C2(C)C=CC(C)=N2)O1. The summed E-state index contributed by atoms with van der Waals surface area (Å²) in [4.78, 5) is 4.66. The van der Waals surface area contributed by atoms with Gasteiger partial charge in [-0.3, -0.25) is 4.99 Å². The van der Waals surface area contributed by atoms with Gasteiger partial charge in [0.15, 0.2) is 0 Å². The van der Waals surface area contributed by atoms with Crippen LogP contribution in [-0.4, -0.2) is 16.9 Å². The summed E-state index contributed by atoms with van der Waals surface area (Å²) in [6, 6.07) is 0. The lowest BCUT2D eigenvalue weighted by Gasteiger charge is -2.37. The van der Waals surface area contributed by atoms with E-state index < -0.39 is 0 Å². The Hall–Kier alpha value is -1.05. The fourth-order valence-corrected chi connectivity index (χ4v) is 2.11. The number of aliphatic imine (C=N–C) groups is 1. The van der Waals surface area contributed by atoms with Crippen LogP contribution in [0.2, 0.25) is 0 Å². The molecule has 0 aromatic heterocycles. The van der Waals surface area contributed by atoms with Crippen LogP contribution in [0.15, 0.2) is 29.0 Å². The van der Waals surface area contributed by atoms with Gasteiger partial charge in [-0.05, 0) is 39.8 Å². The zero-order valence-electron chi connectivity index (χ0n) is 9.29. The molecule has 14 heavy (non-hydrogen) atoms. The molecule has 2 aliphatic rings. The Morgan fingerprint density at radius 1 is 1.36 bits per heavy atom. The minimum Gasteiger partial charge on any atom is -0.489 e. The first-order chi connectivity index (χ1) is 6.45. The maximum absolute atomic E-state index is 5.89. The largest absolute Gasteiger partial charge is 0.489 e. The lowest BCUT2D eigenvalue weighted by atomic mass is 9.82. The monoisotopic (exact) mass is 191 g/mol. The smallest absolute Gasteiger partial charge is 0.137 e. The van der Waals surface area contributed by atoms with Gasteiger partial charge in [0, 0.05) is 12.1 Å². The average molecular weight is 191 g/mol. The molecule has 0 N–H and O–H groups in total. The predicted octanol–water partition coefficient (Wildman–Crippen LogP) is 2.86. The molecule has 0 bridgehead atoms. The second-order valence-corrected chi connectivity index (χ2v) is 4.59. The van der Waals surface area contributed by atoms with Crippen LogP contribution in [0.1, 0.15) is 34.1 Å². The zero-order valence-corrected chi connectivity index (χ0v) is 9.29. The van der Waals surface area contributed by atoms with Crippen LogP contribution in [-0.2, 0) is 4.74 Å². The van der Waals surface area contributed by atoms with Crippen molar-refractivity contribution in [2.45, 2.75) is 45.3 Å². The van der Waals surface area contributed by atoms with Crippen LogP contribution in [0.3, 0.4) is 0 Å². The number of ether oxygens (including phenoxy) is 1. The molecule has 0 amide bonds. The molecule has 0 aromatic carbocycles. The summed E-state index contributed by atoms with van der Waals surface area (Å²) in [6.07, 6.45) is 7.30. The second-order valence-electron chi connectivity index (χ2n) is 4.59. The molecule has 0 spiro atoms. The van der Waals surface area contributed by atoms with Gasteiger partial charge in [-0.15, -0.1) is 0 Å². The molecule has 2 nitrogen and oxygen atoms in total. The van der Waals surface area contributed by atoms with E-state index in [1.54, 1.807) is 0 Å². The second kappa shape index (κ2) is 2.72. The van der Waals surface area contributed by atoms with Gasteiger partial charge in [-0.25, -0.2) is 0 Å². The van der Waals surface area contributed by atoms with Crippen molar-refractivity contribution >= 4 is 5.71 Å². The first kappa shape index (κ1) is 9.50. The Kier molecular flexibility index (Phi) is 1.85. The van der Waals surface area contributed by atoms with Crippen molar-refractivity contribution in [3.05, 3.63) is 24.0 Å². The van der Waals surface area contributed by atoms with E-state index in [2.05, 4.69) is 37.1 Å². The molecule has 0 fully saturated rings. The number of rotatable bonds is 1. The summed E-state index contributed by atoms with van der Waals surface area (Å²) in [6.45, 7) is 8.29. The van der Waals surface area contributed by atoms with Crippen LogP contribution in [0.5, 0.6) is 0 Å². The Morgan fingerprint density at radius 3 is 2.50 bits per heavy atom. The van der Waals surface area contributed by atoms with Gasteiger partial charge in [0.25, 0.3) is 0 Å². The molecule has 0 radical (unpaired) electrons. The fourth-order valence-electron chi connectivity index (χ4n) is 2.11. The highest BCUT2D eigenvalue weighted by Crippen LogP contribution is 2.42. The minimum atomic E-state index is -0.203. The Labute approximate surface area is 85.4 Å². The Balaban J connectivity index is 2.29. The summed E-state index contributed by atoms with van der Waals surface area (Å²) >= 11 is 0. The topological polar surface area (TPSA) is 21.6 Å². The third kappa shape index (κ3) is 1.21. The van der Waals surface area contributed by atoms with Crippen molar-refractivity contribution < 1.29 is 4.74 Å². The van der Waals surface area contributed by atoms with Gasteiger partial charge in [0.2, 0.25) is 0 Å². The normalized spacial score (nSPS) is 40.9. The van der Waals surface area contributed by atoms with E-state index in [9.17, 15) is 0 Å². The molecule has 2 rings (SSSR count). The molecule has 2 aliphatic heterocycles. The lowest BCUT2D eigenvalue weighted by Crippen LogP contribution is -2.46. The van der Waals surface area contributed by atoms with E-state index in [-0.39, 0.29) is 11.1 Å². The predicted molar refractivity (Wildman–Crippen MR) is 58.5 cm³/mol. The summed E-state index contributed by atoms with van der Waals surface area (Å²) < 4.78 is 5.89. The molecule has 0 saturated heterocycles. The average Bonchev–Trinajstić information content (AvgIpc) is 2.59. The fraction of sp³-hybridized carbons (Fsp3) is 0.583. The van der Waals surface area contributed by atoms with E-state index in [1.807, 2.05) is 13.8 Å². The van der Waals surface area contributed by atoms with E-state index in [0.29, 0.717) is 0 Å². The molecule has 2 atom stereocenters. The number of hydrogen-bond donors (Lipinski definition) is 0. The van der Waals surface area contributed by atoms with Crippen molar-refractivity contribution in [3.8, 4) is 0 Å². The first-order valence-electron chi connectivity index (χ1n) is 5.07. The molecule has 2 heteroatoms. The van der Waals surface area contributed by atoms with Crippen LogP contribution in [0, 0.1) is 0 Å². The van der Waals surface area contributed by atoms with Crippen LogP contribution in [0.4, 0.5) is 0 Å². The summed E-state index contributed by atoms with van der Waals surface area (Å²) in [5.74, 6) is 1.02. The number of hydrogen-bond acceptors (Lipinski definition) is 2. The van der Waals surface area contributed by atoms with Gasteiger partial charge >= 0.3 is 0 Å². The first-order valence-corrected chi connectivity index (χ1v) is 5.07. The van der Waals surface area contributed by atoms with Crippen LogP contribution < -0.4 is 0 Å². The van der Waals surface area contributed by atoms with Crippen LogP contribution >= 0.6 is 0 Å². The quantitative estimate of drug-likeness (QED) is 0.624. The molecule has 2 unspecified atom stereocenters. The van der Waals surface area contributed by atoms with E-state index in [4.69, 9.17) is 4.74 Å². The van der Waals surface area contributed by atoms with Crippen molar-refractivity contribution in [2.75, 3.05) is 0 Å². The maximum Gasteiger partial charge on any atom is 0.137 e. The van der Waals surface area contributed by atoms with Crippen molar-refractivity contribution in [1.29, 1.82) is 0 Å². The van der Waals surface area contributed by atoms with E-state index in [0.717, 1.165) is 17.9 Å². The van der Waals surface area contributed by atoms with Crippen molar-refractivity contribution in [1.82, 2.24) is 0 Å². The molecule has 0 aromatic rings. The van der Waals surface area contributed by atoms with Crippen molar-refractivity contribution in [3.63, 3.8) is 0 Å². The standard InChI is InChI=1S/C12H17NO/c1-9-5-7-11(3,13-9)12(4)8-6-10(2)14-12/h5-7H,8H2,1-4H3.